The van der Waals surface area contributed by atoms with Crippen LogP contribution < -0.4 is 0 Å². The fraction of sp³-hybridized carbons (Fsp3) is 0.188. The van der Waals surface area contributed by atoms with Crippen LogP contribution in [0.25, 0.3) is 11.1 Å². The molecule has 0 saturated carbocycles. The molecule has 0 saturated heterocycles. The Morgan fingerprint density at radius 2 is 2.05 bits per heavy atom. The molecule has 0 fully saturated rings. The highest BCUT2D eigenvalue weighted by Gasteiger charge is 2.19. The van der Waals surface area contributed by atoms with E-state index >= 15 is 0 Å². The molecule has 19 heavy (non-hydrogen) atoms. The molecule has 2 rings (SSSR count). The minimum absolute atomic E-state index is 0.306. The molecule has 3 nitrogen and oxygen atoms in total. The molecule has 1 aromatic heterocycles. The number of carbonyl (C=O) groups is 1. The lowest BCUT2D eigenvalue weighted by atomic mass is 10.0. The maximum Gasteiger partial charge on any atom is 0.340 e. The molecule has 98 valence electrons. The summed E-state index contributed by atoms with van der Waals surface area (Å²) in [7, 11) is 1.41. The van der Waals surface area contributed by atoms with Crippen LogP contribution in [0.4, 0.5) is 0 Å². The smallest absolute Gasteiger partial charge is 0.340 e. The zero-order valence-corrected chi connectivity index (χ0v) is 11.1. The predicted molar refractivity (Wildman–Crippen MR) is 76.1 cm³/mol. The third-order valence-corrected chi connectivity index (χ3v) is 2.99. The van der Waals surface area contributed by atoms with Crippen molar-refractivity contribution in [3.63, 3.8) is 0 Å². The monoisotopic (exact) mass is 255 g/mol. The number of hydrogen-bond acceptors (Lipinski definition) is 2. The number of rotatable bonds is 4. The number of esters is 1. The summed E-state index contributed by atoms with van der Waals surface area (Å²) in [6.07, 6.45) is 6.52. The van der Waals surface area contributed by atoms with Crippen molar-refractivity contribution in [3.05, 3.63) is 59.9 Å². The van der Waals surface area contributed by atoms with Crippen molar-refractivity contribution < 1.29 is 9.53 Å². The molecule has 1 aromatic carbocycles. The van der Waals surface area contributed by atoms with Gasteiger partial charge in [-0.2, -0.15) is 0 Å². The lowest BCUT2D eigenvalue weighted by Crippen LogP contribution is -2.05. The number of aromatic nitrogens is 1. The zero-order valence-electron chi connectivity index (χ0n) is 11.1. The first-order valence-corrected chi connectivity index (χ1v) is 6.23. The van der Waals surface area contributed by atoms with Crippen LogP contribution in [-0.2, 0) is 11.2 Å². The SMILES string of the molecule is CC=CCc1[nH]cc(-c2ccccc2)c1C(=O)OC. The fourth-order valence-corrected chi connectivity index (χ4v) is 2.04. The van der Waals surface area contributed by atoms with Crippen molar-refractivity contribution in [1.29, 1.82) is 0 Å². The van der Waals surface area contributed by atoms with E-state index in [0.29, 0.717) is 12.0 Å². The lowest BCUT2D eigenvalue weighted by molar-refractivity contribution is 0.0600. The van der Waals surface area contributed by atoms with Gasteiger partial charge in [0.15, 0.2) is 0 Å². The summed E-state index contributed by atoms with van der Waals surface area (Å²) in [6.45, 7) is 1.96. The average molecular weight is 255 g/mol. The highest BCUT2D eigenvalue weighted by atomic mass is 16.5. The number of methoxy groups -OCH3 is 1. The lowest BCUT2D eigenvalue weighted by Gasteiger charge is -2.04. The number of allylic oxidation sites excluding steroid dienone is 2. The van der Waals surface area contributed by atoms with Crippen molar-refractivity contribution in [2.75, 3.05) is 7.11 Å². The van der Waals surface area contributed by atoms with Crippen molar-refractivity contribution in [2.24, 2.45) is 0 Å². The molecule has 3 heteroatoms. The van der Waals surface area contributed by atoms with Gasteiger partial charge in [0.1, 0.15) is 0 Å². The average Bonchev–Trinajstić information content (AvgIpc) is 2.89. The molecule has 1 N–H and O–H groups in total. The standard InChI is InChI=1S/C16H17NO2/c1-3-4-10-14-15(16(18)19-2)13(11-17-14)12-8-6-5-7-9-12/h3-9,11,17H,10H2,1-2H3. The minimum Gasteiger partial charge on any atom is -0.465 e. The van der Waals surface area contributed by atoms with E-state index < -0.39 is 0 Å². The Kier molecular flexibility index (Phi) is 4.18. The predicted octanol–water partition coefficient (Wildman–Crippen LogP) is 3.59. The maximum absolute atomic E-state index is 12.0. The molecule has 0 unspecified atom stereocenters. The molecule has 0 spiro atoms. The van der Waals surface area contributed by atoms with E-state index in [1.54, 1.807) is 0 Å². The molecule has 0 aliphatic heterocycles. The molecule has 0 bridgehead atoms. The molecular weight excluding hydrogens is 238 g/mol. The Morgan fingerprint density at radius 1 is 1.32 bits per heavy atom. The number of H-pyrrole nitrogens is 1. The summed E-state index contributed by atoms with van der Waals surface area (Å²) in [5.74, 6) is -0.306. The van der Waals surface area contributed by atoms with E-state index in [1.165, 1.54) is 7.11 Å². The largest absolute Gasteiger partial charge is 0.465 e. The van der Waals surface area contributed by atoms with Crippen LogP contribution in [-0.4, -0.2) is 18.1 Å². The van der Waals surface area contributed by atoms with Gasteiger partial charge in [0.25, 0.3) is 0 Å². The van der Waals surface area contributed by atoms with Crippen molar-refractivity contribution in [1.82, 2.24) is 4.98 Å². The number of carbonyl (C=O) groups excluding carboxylic acids is 1. The summed E-state index contributed by atoms with van der Waals surface area (Å²) in [5, 5.41) is 0. The normalized spacial score (nSPS) is 10.8. The first-order chi connectivity index (χ1) is 9.27. The van der Waals surface area contributed by atoms with Gasteiger partial charge in [-0.05, 0) is 12.5 Å². The molecular formula is C16H17NO2. The molecule has 0 aliphatic carbocycles. The Hall–Kier alpha value is -2.29. The van der Waals surface area contributed by atoms with Gasteiger partial charge < -0.3 is 9.72 Å². The summed E-state index contributed by atoms with van der Waals surface area (Å²) in [5.41, 5.74) is 3.38. The van der Waals surface area contributed by atoms with E-state index in [9.17, 15) is 4.79 Å². The second-order valence-corrected chi connectivity index (χ2v) is 4.19. The second-order valence-electron chi connectivity index (χ2n) is 4.19. The third-order valence-electron chi connectivity index (χ3n) is 2.99. The van der Waals surface area contributed by atoms with Crippen molar-refractivity contribution in [2.45, 2.75) is 13.3 Å². The van der Waals surface area contributed by atoms with E-state index in [1.807, 2.05) is 55.6 Å². The van der Waals surface area contributed by atoms with Gasteiger partial charge in [0, 0.05) is 23.9 Å². The van der Waals surface area contributed by atoms with Crippen LogP contribution >= 0.6 is 0 Å². The van der Waals surface area contributed by atoms with Gasteiger partial charge in [0.2, 0.25) is 0 Å². The summed E-state index contributed by atoms with van der Waals surface area (Å²) in [4.78, 5) is 15.2. The number of aromatic amines is 1. The quantitative estimate of drug-likeness (QED) is 0.670. The molecule has 1 heterocycles. The van der Waals surface area contributed by atoms with E-state index in [-0.39, 0.29) is 5.97 Å². The van der Waals surface area contributed by atoms with E-state index in [0.717, 1.165) is 16.8 Å². The molecule has 0 atom stereocenters. The Labute approximate surface area is 112 Å². The molecule has 0 amide bonds. The summed E-state index contributed by atoms with van der Waals surface area (Å²) in [6, 6.07) is 9.82. The number of nitrogens with one attached hydrogen (secondary N) is 1. The Morgan fingerprint density at radius 3 is 2.68 bits per heavy atom. The summed E-state index contributed by atoms with van der Waals surface area (Å²) < 4.78 is 4.89. The highest BCUT2D eigenvalue weighted by Crippen LogP contribution is 2.27. The molecule has 0 aliphatic rings. The van der Waals surface area contributed by atoms with Crippen LogP contribution in [0.15, 0.2) is 48.7 Å². The van der Waals surface area contributed by atoms with Crippen LogP contribution in [0.2, 0.25) is 0 Å². The maximum atomic E-state index is 12.0. The van der Waals surface area contributed by atoms with Crippen LogP contribution in [0.3, 0.4) is 0 Å². The van der Waals surface area contributed by atoms with E-state index in [4.69, 9.17) is 4.74 Å². The minimum atomic E-state index is -0.306. The first-order valence-electron chi connectivity index (χ1n) is 6.23. The zero-order chi connectivity index (χ0) is 13.7. The number of benzene rings is 1. The third kappa shape index (κ3) is 2.76. The van der Waals surface area contributed by atoms with Gasteiger partial charge in [-0.1, -0.05) is 42.5 Å². The van der Waals surface area contributed by atoms with Gasteiger partial charge in [-0.3, -0.25) is 0 Å². The van der Waals surface area contributed by atoms with Gasteiger partial charge in [-0.25, -0.2) is 4.79 Å². The summed E-state index contributed by atoms with van der Waals surface area (Å²) >= 11 is 0. The second kappa shape index (κ2) is 6.05. The molecule has 0 radical (unpaired) electrons. The van der Waals surface area contributed by atoms with Crippen molar-refractivity contribution in [3.8, 4) is 11.1 Å². The van der Waals surface area contributed by atoms with Crippen LogP contribution in [0.1, 0.15) is 23.0 Å². The van der Waals surface area contributed by atoms with Gasteiger partial charge >= 0.3 is 5.97 Å². The van der Waals surface area contributed by atoms with Crippen LogP contribution in [0, 0.1) is 0 Å². The van der Waals surface area contributed by atoms with Gasteiger partial charge in [0.05, 0.1) is 12.7 Å². The first kappa shape index (κ1) is 13.1. The fourth-order valence-electron chi connectivity index (χ4n) is 2.04. The topological polar surface area (TPSA) is 42.1 Å². The molecule has 2 aromatic rings. The highest BCUT2D eigenvalue weighted by molar-refractivity contribution is 5.98. The van der Waals surface area contributed by atoms with Gasteiger partial charge in [-0.15, -0.1) is 0 Å². The van der Waals surface area contributed by atoms with Crippen LogP contribution in [0.5, 0.6) is 0 Å². The Bertz CT molecular complexity index is 582. The Balaban J connectivity index is 2.50. The van der Waals surface area contributed by atoms with E-state index in [2.05, 4.69) is 4.98 Å². The van der Waals surface area contributed by atoms with Crippen molar-refractivity contribution >= 4 is 5.97 Å². The number of ether oxygens (including phenoxy) is 1. The number of hydrogen-bond donors (Lipinski definition) is 1.